The van der Waals surface area contributed by atoms with Crippen LogP contribution in [0.3, 0.4) is 0 Å². The standard InChI is InChI=1S/C47H33NO/c1-46(2)37-20-10-6-16-29(37)33-24-35-36-25-34-30-17-7-11-21-38(30)47(39-22-12-8-18-31(39)45(49)32-19-9-13-23-40(32)47)42(34)27-44(36)48(43(35)26-41(33)46)28-14-4-3-5-15-28/h3-27,45,49H,1-2H3. The number of hydrogen-bond acceptors (Lipinski definition) is 1. The first-order valence-corrected chi connectivity index (χ1v) is 17.3. The molecule has 0 radical (unpaired) electrons. The van der Waals surface area contributed by atoms with E-state index in [2.05, 4.69) is 170 Å². The first-order chi connectivity index (χ1) is 24.0. The summed E-state index contributed by atoms with van der Waals surface area (Å²) in [7, 11) is 0. The Labute approximate surface area is 285 Å². The summed E-state index contributed by atoms with van der Waals surface area (Å²) < 4.78 is 2.48. The molecular weight excluding hydrogens is 595 g/mol. The largest absolute Gasteiger partial charge is 0.384 e. The van der Waals surface area contributed by atoms with Gasteiger partial charge in [0.25, 0.3) is 0 Å². The molecule has 0 aliphatic heterocycles. The van der Waals surface area contributed by atoms with Gasteiger partial charge in [-0.25, -0.2) is 0 Å². The van der Waals surface area contributed by atoms with E-state index in [1.54, 1.807) is 0 Å². The second-order valence-electron chi connectivity index (χ2n) is 14.5. The van der Waals surface area contributed by atoms with Crippen LogP contribution in [0.4, 0.5) is 0 Å². The average Bonchev–Trinajstić information content (AvgIpc) is 3.70. The van der Waals surface area contributed by atoms with E-state index in [9.17, 15) is 5.11 Å². The number of fused-ring (bicyclic) bond motifs is 15. The van der Waals surface area contributed by atoms with Gasteiger partial charge in [-0.05, 0) is 103 Å². The molecule has 0 saturated carbocycles. The summed E-state index contributed by atoms with van der Waals surface area (Å²) in [6, 6.07) is 55.6. The lowest BCUT2D eigenvalue weighted by Crippen LogP contribution is -2.35. The van der Waals surface area contributed by atoms with Crippen molar-refractivity contribution in [2.24, 2.45) is 0 Å². The number of aliphatic hydroxyl groups is 1. The second-order valence-corrected chi connectivity index (χ2v) is 14.5. The maximum atomic E-state index is 11.8. The Balaban J connectivity index is 1.32. The van der Waals surface area contributed by atoms with Crippen molar-refractivity contribution in [2.75, 3.05) is 0 Å². The molecule has 1 spiro atoms. The second kappa shape index (κ2) is 9.25. The van der Waals surface area contributed by atoms with Gasteiger partial charge in [-0.2, -0.15) is 0 Å². The minimum atomic E-state index is -0.678. The van der Waals surface area contributed by atoms with Gasteiger partial charge in [0.05, 0.1) is 16.4 Å². The number of hydrogen-bond donors (Lipinski definition) is 1. The van der Waals surface area contributed by atoms with E-state index in [-0.39, 0.29) is 5.41 Å². The van der Waals surface area contributed by atoms with Gasteiger partial charge in [-0.3, -0.25) is 0 Å². The lowest BCUT2D eigenvalue weighted by atomic mass is 9.61. The fourth-order valence-electron chi connectivity index (χ4n) is 9.88. The molecule has 232 valence electrons. The van der Waals surface area contributed by atoms with E-state index >= 15 is 0 Å². The smallest absolute Gasteiger partial charge is 0.105 e. The first kappa shape index (κ1) is 27.3. The molecule has 2 heteroatoms. The van der Waals surface area contributed by atoms with E-state index in [4.69, 9.17) is 0 Å². The summed E-state index contributed by atoms with van der Waals surface area (Å²) in [6.45, 7) is 4.72. The minimum Gasteiger partial charge on any atom is -0.384 e. The van der Waals surface area contributed by atoms with Crippen LogP contribution in [0.2, 0.25) is 0 Å². The molecule has 0 atom stereocenters. The van der Waals surface area contributed by atoms with Crippen molar-refractivity contribution >= 4 is 21.8 Å². The molecule has 11 rings (SSSR count). The van der Waals surface area contributed by atoms with Crippen molar-refractivity contribution in [1.29, 1.82) is 0 Å². The third-order valence-electron chi connectivity index (χ3n) is 12.0. The predicted octanol–water partition coefficient (Wildman–Crippen LogP) is 10.8. The van der Waals surface area contributed by atoms with Crippen LogP contribution in [-0.2, 0) is 10.8 Å². The van der Waals surface area contributed by atoms with Crippen LogP contribution in [0.1, 0.15) is 64.5 Å². The molecule has 1 N–H and O–H groups in total. The van der Waals surface area contributed by atoms with Gasteiger partial charge < -0.3 is 9.67 Å². The Morgan fingerprint density at radius 1 is 0.449 bits per heavy atom. The molecule has 1 aromatic heterocycles. The van der Waals surface area contributed by atoms with Crippen molar-refractivity contribution in [3.63, 3.8) is 0 Å². The highest BCUT2D eigenvalue weighted by atomic mass is 16.3. The zero-order chi connectivity index (χ0) is 32.6. The molecular formula is C47H33NO. The number of rotatable bonds is 1. The molecule has 3 aliphatic carbocycles. The Kier molecular flexibility index (Phi) is 5.15. The minimum absolute atomic E-state index is 0.0980. The van der Waals surface area contributed by atoms with Crippen LogP contribution < -0.4 is 0 Å². The summed E-state index contributed by atoms with van der Waals surface area (Å²) in [6.07, 6.45) is -0.678. The summed E-state index contributed by atoms with van der Waals surface area (Å²) in [5.41, 5.74) is 17.7. The Morgan fingerprint density at radius 2 is 0.918 bits per heavy atom. The SMILES string of the molecule is CC1(C)c2ccccc2-c2cc3c4cc5c(cc4n(-c4ccccc4)c3cc21)C1(c2ccccc2-5)c2ccccc2C(O)c2ccccc21. The highest BCUT2D eigenvalue weighted by molar-refractivity contribution is 6.14. The predicted molar refractivity (Wildman–Crippen MR) is 200 cm³/mol. The van der Waals surface area contributed by atoms with E-state index in [1.807, 2.05) is 0 Å². The Morgan fingerprint density at radius 3 is 1.55 bits per heavy atom. The fourth-order valence-corrected chi connectivity index (χ4v) is 9.88. The fraction of sp³-hybridized carbons (Fsp3) is 0.106. The highest BCUT2D eigenvalue weighted by Crippen LogP contribution is 2.62. The number of benzene rings is 7. The Hall–Kier alpha value is -5.70. The monoisotopic (exact) mass is 627 g/mol. The molecule has 7 aromatic carbocycles. The van der Waals surface area contributed by atoms with Crippen LogP contribution in [-0.4, -0.2) is 9.67 Å². The van der Waals surface area contributed by atoms with Gasteiger partial charge in [0.1, 0.15) is 6.10 Å². The van der Waals surface area contributed by atoms with Crippen molar-refractivity contribution in [2.45, 2.75) is 30.8 Å². The lowest BCUT2D eigenvalue weighted by molar-refractivity contribution is 0.212. The van der Waals surface area contributed by atoms with E-state index in [1.165, 1.54) is 66.3 Å². The lowest BCUT2D eigenvalue weighted by Gasteiger charge is -2.42. The molecule has 2 nitrogen and oxygen atoms in total. The molecule has 0 bridgehead atoms. The van der Waals surface area contributed by atoms with Crippen LogP contribution in [0.15, 0.2) is 152 Å². The van der Waals surface area contributed by atoms with Gasteiger partial charge in [0.2, 0.25) is 0 Å². The number of para-hydroxylation sites is 1. The quantitative estimate of drug-likeness (QED) is 0.192. The first-order valence-electron chi connectivity index (χ1n) is 17.3. The third-order valence-corrected chi connectivity index (χ3v) is 12.0. The van der Waals surface area contributed by atoms with Gasteiger partial charge in [-0.15, -0.1) is 0 Å². The van der Waals surface area contributed by atoms with Crippen LogP contribution >= 0.6 is 0 Å². The van der Waals surface area contributed by atoms with E-state index in [0.717, 1.165) is 27.9 Å². The van der Waals surface area contributed by atoms with Crippen molar-refractivity contribution in [3.8, 4) is 27.9 Å². The maximum absolute atomic E-state index is 11.8. The van der Waals surface area contributed by atoms with Crippen LogP contribution in [0.25, 0.3) is 49.7 Å². The normalized spacial score (nSPS) is 19.0. The van der Waals surface area contributed by atoms with Crippen LogP contribution in [0.5, 0.6) is 0 Å². The molecule has 3 aliphatic rings. The highest BCUT2D eigenvalue weighted by Gasteiger charge is 2.51. The molecule has 0 unspecified atom stereocenters. The molecule has 1 heterocycles. The van der Waals surface area contributed by atoms with Gasteiger partial charge in [-0.1, -0.05) is 129 Å². The van der Waals surface area contributed by atoms with Gasteiger partial charge >= 0.3 is 0 Å². The van der Waals surface area contributed by atoms with Crippen LogP contribution in [0, 0.1) is 0 Å². The molecule has 8 aromatic rings. The van der Waals surface area contributed by atoms with Gasteiger partial charge in [0, 0.05) is 21.9 Å². The van der Waals surface area contributed by atoms with E-state index < -0.39 is 11.5 Å². The summed E-state index contributed by atoms with van der Waals surface area (Å²) in [4.78, 5) is 0. The number of aliphatic hydroxyl groups excluding tert-OH is 1. The maximum Gasteiger partial charge on any atom is 0.105 e. The molecule has 0 saturated heterocycles. The van der Waals surface area contributed by atoms with Crippen molar-refractivity contribution < 1.29 is 5.11 Å². The number of aromatic nitrogens is 1. The molecule has 0 amide bonds. The van der Waals surface area contributed by atoms with Crippen molar-refractivity contribution in [1.82, 2.24) is 4.57 Å². The van der Waals surface area contributed by atoms with Gasteiger partial charge in [0.15, 0.2) is 0 Å². The topological polar surface area (TPSA) is 25.2 Å². The zero-order valence-corrected chi connectivity index (χ0v) is 27.4. The zero-order valence-electron chi connectivity index (χ0n) is 27.4. The molecule has 49 heavy (non-hydrogen) atoms. The summed E-state index contributed by atoms with van der Waals surface area (Å²) in [5.74, 6) is 0. The summed E-state index contributed by atoms with van der Waals surface area (Å²) >= 11 is 0. The average molecular weight is 628 g/mol. The number of nitrogens with zero attached hydrogens (tertiary/aromatic N) is 1. The van der Waals surface area contributed by atoms with Crippen molar-refractivity contribution in [3.05, 3.63) is 196 Å². The summed E-state index contributed by atoms with van der Waals surface area (Å²) in [5, 5.41) is 14.3. The Bertz CT molecular complexity index is 2660. The van der Waals surface area contributed by atoms with E-state index in [0.29, 0.717) is 0 Å². The molecule has 0 fully saturated rings. The third kappa shape index (κ3) is 3.21.